The van der Waals surface area contributed by atoms with Crippen LogP contribution >= 0.6 is 11.6 Å². The molecule has 0 aliphatic carbocycles. The summed E-state index contributed by atoms with van der Waals surface area (Å²) in [4.78, 5) is 12.7. The first-order valence-electron chi connectivity index (χ1n) is 9.75. The number of halogens is 1. The molecule has 0 spiro atoms. The molecule has 3 aromatic rings. The van der Waals surface area contributed by atoms with Gasteiger partial charge in [-0.05, 0) is 66.7 Å². The van der Waals surface area contributed by atoms with E-state index in [1.54, 1.807) is 48.5 Å². The molecule has 1 amide bonds. The average Bonchev–Trinajstić information content (AvgIpc) is 2.83. The highest BCUT2D eigenvalue weighted by molar-refractivity contribution is 7.92. The lowest BCUT2D eigenvalue weighted by atomic mass is 10.2. The third-order valence-electron chi connectivity index (χ3n) is 4.51. The van der Waals surface area contributed by atoms with Gasteiger partial charge in [0.25, 0.3) is 15.9 Å². The van der Waals surface area contributed by atoms with Gasteiger partial charge in [0, 0.05) is 16.3 Å². The molecule has 0 aliphatic heterocycles. The van der Waals surface area contributed by atoms with Crippen LogP contribution in [0.5, 0.6) is 5.75 Å². The molecule has 33 heavy (non-hydrogen) atoms. The minimum absolute atomic E-state index is 0.0350. The Labute approximate surface area is 197 Å². The van der Waals surface area contributed by atoms with Crippen LogP contribution < -0.4 is 14.4 Å². The molecule has 0 unspecified atom stereocenters. The van der Waals surface area contributed by atoms with Crippen LogP contribution in [-0.2, 0) is 10.0 Å². The molecule has 0 aromatic heterocycles. The van der Waals surface area contributed by atoms with E-state index in [1.807, 2.05) is 6.07 Å². The number of nitriles is 1. The second-order valence-electron chi connectivity index (χ2n) is 6.75. The van der Waals surface area contributed by atoms with Crippen LogP contribution in [0.15, 0.2) is 90.3 Å². The Balaban J connectivity index is 1.83. The van der Waals surface area contributed by atoms with Crippen molar-refractivity contribution < 1.29 is 17.9 Å². The van der Waals surface area contributed by atoms with Gasteiger partial charge < -0.3 is 10.1 Å². The summed E-state index contributed by atoms with van der Waals surface area (Å²) in [7, 11) is -3.98. The van der Waals surface area contributed by atoms with Crippen LogP contribution in [0.3, 0.4) is 0 Å². The highest BCUT2D eigenvalue weighted by Gasteiger charge is 2.25. The fourth-order valence-electron chi connectivity index (χ4n) is 2.95. The maximum Gasteiger partial charge on any atom is 0.264 e. The summed E-state index contributed by atoms with van der Waals surface area (Å²) in [6, 6.07) is 20.5. The SMILES string of the molecule is C=CCN(c1ccc(Cl)cc1)S(=O)(=O)c1cccc(C(=O)Nc2ccc(OCC#N)cc2)c1. The molecule has 9 heteroatoms. The fraction of sp³-hybridized carbons (Fsp3) is 0.0833. The number of amides is 1. The number of hydrogen-bond donors (Lipinski definition) is 1. The molecular formula is C24H20ClN3O4S. The smallest absolute Gasteiger partial charge is 0.264 e. The molecule has 0 radical (unpaired) electrons. The van der Waals surface area contributed by atoms with Crippen molar-refractivity contribution in [2.45, 2.75) is 4.90 Å². The van der Waals surface area contributed by atoms with Crippen molar-refractivity contribution in [1.82, 2.24) is 0 Å². The summed E-state index contributed by atoms with van der Waals surface area (Å²) in [5.74, 6) is 0.0201. The lowest BCUT2D eigenvalue weighted by molar-refractivity contribution is 0.102. The lowest BCUT2D eigenvalue weighted by Crippen LogP contribution is -2.31. The number of benzene rings is 3. The van der Waals surface area contributed by atoms with Crippen molar-refractivity contribution >= 4 is 38.9 Å². The van der Waals surface area contributed by atoms with E-state index in [-0.39, 0.29) is 23.6 Å². The van der Waals surface area contributed by atoms with Gasteiger partial charge in [0.2, 0.25) is 0 Å². The van der Waals surface area contributed by atoms with E-state index in [2.05, 4.69) is 11.9 Å². The Hall–Kier alpha value is -3.80. The first-order valence-corrected chi connectivity index (χ1v) is 11.6. The van der Waals surface area contributed by atoms with Gasteiger partial charge >= 0.3 is 0 Å². The zero-order valence-electron chi connectivity index (χ0n) is 17.4. The number of anilines is 2. The van der Waals surface area contributed by atoms with Crippen LogP contribution in [0.2, 0.25) is 5.02 Å². The molecule has 0 saturated carbocycles. The second kappa shape index (κ2) is 10.7. The molecule has 0 aliphatic rings. The molecule has 7 nitrogen and oxygen atoms in total. The molecule has 1 N–H and O–H groups in total. The van der Waals surface area contributed by atoms with E-state index in [4.69, 9.17) is 21.6 Å². The quantitative estimate of drug-likeness (QED) is 0.439. The van der Waals surface area contributed by atoms with E-state index in [9.17, 15) is 13.2 Å². The maximum absolute atomic E-state index is 13.3. The van der Waals surface area contributed by atoms with E-state index < -0.39 is 15.9 Å². The number of rotatable bonds is 9. The monoisotopic (exact) mass is 481 g/mol. The molecule has 0 fully saturated rings. The zero-order valence-corrected chi connectivity index (χ0v) is 19.0. The van der Waals surface area contributed by atoms with Gasteiger partial charge in [-0.1, -0.05) is 23.7 Å². The van der Waals surface area contributed by atoms with Crippen LogP contribution in [0.25, 0.3) is 0 Å². The summed E-state index contributed by atoms with van der Waals surface area (Å²) in [6.45, 7) is 3.61. The van der Waals surface area contributed by atoms with Gasteiger partial charge in [0.1, 0.15) is 11.8 Å². The molecular weight excluding hydrogens is 462 g/mol. The highest BCUT2D eigenvalue weighted by atomic mass is 35.5. The van der Waals surface area contributed by atoms with Crippen molar-refractivity contribution in [3.8, 4) is 11.8 Å². The van der Waals surface area contributed by atoms with E-state index >= 15 is 0 Å². The minimum Gasteiger partial charge on any atom is -0.479 e. The van der Waals surface area contributed by atoms with Gasteiger partial charge in [-0.2, -0.15) is 5.26 Å². The van der Waals surface area contributed by atoms with E-state index in [1.165, 1.54) is 34.6 Å². The van der Waals surface area contributed by atoms with Gasteiger partial charge in [0.15, 0.2) is 6.61 Å². The Morgan fingerprint density at radius 1 is 1.12 bits per heavy atom. The van der Waals surface area contributed by atoms with E-state index in [0.29, 0.717) is 22.1 Å². The summed E-state index contributed by atoms with van der Waals surface area (Å²) in [5.41, 5.74) is 1.09. The molecule has 0 atom stereocenters. The molecule has 0 bridgehead atoms. The van der Waals surface area contributed by atoms with Crippen LogP contribution in [-0.4, -0.2) is 27.5 Å². The van der Waals surface area contributed by atoms with Gasteiger partial charge in [-0.15, -0.1) is 6.58 Å². The number of sulfonamides is 1. The number of carbonyl (C=O) groups is 1. The van der Waals surface area contributed by atoms with Crippen molar-refractivity contribution in [2.75, 3.05) is 22.8 Å². The third kappa shape index (κ3) is 5.92. The van der Waals surface area contributed by atoms with Crippen molar-refractivity contribution in [3.63, 3.8) is 0 Å². The summed E-state index contributed by atoms with van der Waals surface area (Å²) < 4.78 is 33.0. The standard InChI is InChI=1S/C24H20ClN3O4S/c1-2-15-28(21-10-6-19(25)7-11-21)33(30,31)23-5-3-4-18(17-23)24(29)27-20-8-12-22(13-9-20)32-16-14-26/h2-13,17H,1,15-16H2,(H,27,29). The van der Waals surface area contributed by atoms with Gasteiger partial charge in [-0.25, -0.2) is 8.42 Å². The van der Waals surface area contributed by atoms with Crippen molar-refractivity contribution in [3.05, 3.63) is 96.0 Å². The summed E-state index contributed by atoms with van der Waals surface area (Å²) in [6.07, 6.45) is 1.48. The van der Waals surface area contributed by atoms with Gasteiger partial charge in [-0.3, -0.25) is 9.10 Å². The van der Waals surface area contributed by atoms with Crippen molar-refractivity contribution in [1.29, 1.82) is 5.26 Å². The van der Waals surface area contributed by atoms with E-state index in [0.717, 1.165) is 0 Å². The number of hydrogen-bond acceptors (Lipinski definition) is 5. The second-order valence-corrected chi connectivity index (χ2v) is 9.05. The number of ether oxygens (including phenoxy) is 1. The van der Waals surface area contributed by atoms with Crippen LogP contribution in [0, 0.1) is 11.3 Å². The average molecular weight is 482 g/mol. The Morgan fingerprint density at radius 2 is 1.82 bits per heavy atom. The van der Waals surface area contributed by atoms with Gasteiger partial charge in [0.05, 0.1) is 17.1 Å². The molecule has 0 saturated heterocycles. The van der Waals surface area contributed by atoms with Crippen LogP contribution in [0.1, 0.15) is 10.4 Å². The van der Waals surface area contributed by atoms with Crippen molar-refractivity contribution in [2.24, 2.45) is 0 Å². The number of carbonyl (C=O) groups excluding carboxylic acids is 1. The Kier molecular flexibility index (Phi) is 7.72. The van der Waals surface area contributed by atoms with Crippen LogP contribution in [0.4, 0.5) is 11.4 Å². The highest BCUT2D eigenvalue weighted by Crippen LogP contribution is 2.26. The number of nitrogens with one attached hydrogen (secondary N) is 1. The third-order valence-corrected chi connectivity index (χ3v) is 6.55. The number of nitrogens with zero attached hydrogens (tertiary/aromatic N) is 2. The minimum atomic E-state index is -3.98. The summed E-state index contributed by atoms with van der Waals surface area (Å²) in [5, 5.41) is 11.8. The first-order chi connectivity index (χ1) is 15.8. The predicted octanol–water partition coefficient (Wildman–Crippen LogP) is 4.88. The molecule has 168 valence electrons. The Bertz CT molecular complexity index is 1280. The molecule has 3 aromatic carbocycles. The zero-order chi connectivity index (χ0) is 23.8. The predicted molar refractivity (Wildman–Crippen MR) is 128 cm³/mol. The normalized spacial score (nSPS) is 10.7. The lowest BCUT2D eigenvalue weighted by Gasteiger charge is -2.23. The Morgan fingerprint density at radius 3 is 2.45 bits per heavy atom. The maximum atomic E-state index is 13.3. The first kappa shape index (κ1) is 23.9. The largest absolute Gasteiger partial charge is 0.479 e. The fourth-order valence-corrected chi connectivity index (χ4v) is 4.55. The molecule has 3 rings (SSSR count). The molecule has 0 heterocycles. The summed E-state index contributed by atoms with van der Waals surface area (Å²) >= 11 is 5.93. The topological polar surface area (TPSA) is 99.5 Å².